The number of hydrogen-bond acceptors (Lipinski definition) is 2. The monoisotopic (exact) mass is 308 g/mol. The van der Waals surface area contributed by atoms with Crippen LogP contribution in [0.2, 0.25) is 0 Å². The number of benzene rings is 1. The van der Waals surface area contributed by atoms with E-state index in [1.807, 2.05) is 31.2 Å². The van der Waals surface area contributed by atoms with Crippen molar-refractivity contribution in [3.63, 3.8) is 0 Å². The van der Waals surface area contributed by atoms with E-state index in [9.17, 15) is 4.79 Å². The fourth-order valence-electron chi connectivity index (χ4n) is 3.95. The van der Waals surface area contributed by atoms with Crippen molar-refractivity contribution in [3.05, 3.63) is 29.8 Å². The lowest BCUT2D eigenvalue weighted by molar-refractivity contribution is -0.122. The topological polar surface area (TPSA) is 55.1 Å². The molecule has 4 heteroatoms. The number of halogens is 1. The molecular weight excluding hydrogens is 284 g/mol. The van der Waals surface area contributed by atoms with Crippen molar-refractivity contribution in [1.29, 1.82) is 0 Å². The first-order chi connectivity index (χ1) is 9.65. The zero-order valence-corrected chi connectivity index (χ0v) is 13.4. The fourth-order valence-corrected chi connectivity index (χ4v) is 3.95. The molecule has 2 unspecified atom stereocenters. The zero-order valence-electron chi connectivity index (χ0n) is 12.5. The van der Waals surface area contributed by atoms with E-state index in [4.69, 9.17) is 5.73 Å². The summed E-state index contributed by atoms with van der Waals surface area (Å²) in [4.78, 5) is 12.5. The van der Waals surface area contributed by atoms with Gasteiger partial charge in [-0.2, -0.15) is 0 Å². The van der Waals surface area contributed by atoms with Crippen molar-refractivity contribution >= 4 is 24.0 Å². The Morgan fingerprint density at radius 2 is 1.81 bits per heavy atom. The summed E-state index contributed by atoms with van der Waals surface area (Å²) in [6, 6.07) is 8.29. The van der Waals surface area contributed by atoms with Crippen LogP contribution >= 0.6 is 12.4 Å². The predicted molar refractivity (Wildman–Crippen MR) is 88.6 cm³/mol. The van der Waals surface area contributed by atoms with E-state index in [-0.39, 0.29) is 24.2 Å². The molecule has 3 N–H and O–H groups in total. The summed E-state index contributed by atoms with van der Waals surface area (Å²) in [5, 5.41) is 3.10. The molecule has 116 valence electrons. The van der Waals surface area contributed by atoms with Gasteiger partial charge in [0.2, 0.25) is 5.91 Å². The van der Waals surface area contributed by atoms with Crippen LogP contribution in [0.4, 0.5) is 5.69 Å². The molecule has 21 heavy (non-hydrogen) atoms. The molecule has 0 saturated heterocycles. The number of hydrogen-bond donors (Lipinski definition) is 2. The van der Waals surface area contributed by atoms with Crippen molar-refractivity contribution in [3.8, 4) is 0 Å². The number of rotatable bonds is 2. The molecule has 2 bridgehead atoms. The molecule has 2 atom stereocenters. The maximum atomic E-state index is 12.5. The molecule has 1 aromatic rings. The largest absolute Gasteiger partial charge is 0.327 e. The Balaban J connectivity index is 0.00000161. The van der Waals surface area contributed by atoms with Gasteiger partial charge in [0.15, 0.2) is 0 Å². The molecular formula is C17H25ClN2O. The van der Waals surface area contributed by atoms with E-state index in [1.54, 1.807) is 0 Å². The Morgan fingerprint density at radius 1 is 1.19 bits per heavy atom. The second-order valence-corrected chi connectivity index (χ2v) is 6.50. The van der Waals surface area contributed by atoms with Crippen molar-refractivity contribution in [2.45, 2.75) is 45.1 Å². The SMILES string of the molecule is Cc1ccccc1NC(=O)C1CC2CCCC(C1)C2N.Cl. The molecule has 3 nitrogen and oxygen atoms in total. The third-order valence-electron chi connectivity index (χ3n) is 5.19. The van der Waals surface area contributed by atoms with E-state index in [0.29, 0.717) is 17.9 Å². The number of carbonyl (C=O) groups excluding carboxylic acids is 1. The maximum absolute atomic E-state index is 12.5. The molecule has 0 heterocycles. The van der Waals surface area contributed by atoms with E-state index >= 15 is 0 Å². The molecule has 2 fully saturated rings. The van der Waals surface area contributed by atoms with Gasteiger partial charge in [-0.15, -0.1) is 12.4 Å². The number of para-hydroxylation sites is 1. The van der Waals surface area contributed by atoms with Crippen molar-refractivity contribution in [2.24, 2.45) is 23.5 Å². The molecule has 3 rings (SSSR count). The van der Waals surface area contributed by atoms with Gasteiger partial charge in [0, 0.05) is 17.6 Å². The van der Waals surface area contributed by atoms with Crippen LogP contribution in [-0.4, -0.2) is 11.9 Å². The van der Waals surface area contributed by atoms with E-state index < -0.39 is 0 Å². The first-order valence-electron chi connectivity index (χ1n) is 7.77. The minimum atomic E-state index is 0. The van der Waals surface area contributed by atoms with Gasteiger partial charge in [-0.3, -0.25) is 4.79 Å². The number of carbonyl (C=O) groups is 1. The van der Waals surface area contributed by atoms with Crippen molar-refractivity contribution in [1.82, 2.24) is 0 Å². The number of nitrogens with two attached hydrogens (primary N) is 1. The van der Waals surface area contributed by atoms with E-state index in [2.05, 4.69) is 5.32 Å². The minimum Gasteiger partial charge on any atom is -0.327 e. The Kier molecular flexibility index (Phi) is 5.28. The quantitative estimate of drug-likeness (QED) is 0.878. The second-order valence-electron chi connectivity index (χ2n) is 6.50. The molecule has 0 aliphatic heterocycles. The van der Waals surface area contributed by atoms with Gasteiger partial charge in [-0.05, 0) is 56.1 Å². The van der Waals surface area contributed by atoms with Crippen LogP contribution in [-0.2, 0) is 4.79 Å². The maximum Gasteiger partial charge on any atom is 0.227 e. The molecule has 2 aliphatic carbocycles. The van der Waals surface area contributed by atoms with Crippen molar-refractivity contribution < 1.29 is 4.79 Å². The molecule has 2 saturated carbocycles. The van der Waals surface area contributed by atoms with Crippen LogP contribution in [0.15, 0.2) is 24.3 Å². The van der Waals surface area contributed by atoms with Gasteiger partial charge in [-0.1, -0.05) is 24.6 Å². The third-order valence-corrected chi connectivity index (χ3v) is 5.19. The fraction of sp³-hybridized carbons (Fsp3) is 0.588. The summed E-state index contributed by atoms with van der Waals surface area (Å²) >= 11 is 0. The molecule has 1 aromatic carbocycles. The van der Waals surface area contributed by atoms with Gasteiger partial charge in [-0.25, -0.2) is 0 Å². The highest BCUT2D eigenvalue weighted by Gasteiger charge is 2.40. The van der Waals surface area contributed by atoms with Crippen LogP contribution < -0.4 is 11.1 Å². The lowest BCUT2D eigenvalue weighted by Gasteiger charge is -2.43. The lowest BCUT2D eigenvalue weighted by atomic mass is 9.65. The van der Waals surface area contributed by atoms with E-state index in [0.717, 1.165) is 24.1 Å². The summed E-state index contributed by atoms with van der Waals surface area (Å²) in [7, 11) is 0. The van der Waals surface area contributed by atoms with Gasteiger partial charge in [0.1, 0.15) is 0 Å². The molecule has 0 aromatic heterocycles. The Labute approximate surface area is 133 Å². The van der Waals surface area contributed by atoms with Crippen LogP contribution in [0.3, 0.4) is 0 Å². The highest BCUT2D eigenvalue weighted by Crippen LogP contribution is 2.42. The summed E-state index contributed by atoms with van der Waals surface area (Å²) < 4.78 is 0. The normalized spacial score (nSPS) is 31.1. The molecule has 0 spiro atoms. The number of aryl methyl sites for hydroxylation is 1. The Morgan fingerprint density at radius 3 is 2.43 bits per heavy atom. The first kappa shape index (κ1) is 16.3. The second kappa shape index (κ2) is 6.80. The van der Waals surface area contributed by atoms with Crippen LogP contribution in [0.25, 0.3) is 0 Å². The average Bonchev–Trinajstić information content (AvgIpc) is 2.41. The summed E-state index contributed by atoms with van der Waals surface area (Å²) in [6.07, 6.45) is 5.62. The molecule has 0 radical (unpaired) electrons. The van der Waals surface area contributed by atoms with Crippen LogP contribution in [0.1, 0.15) is 37.7 Å². The van der Waals surface area contributed by atoms with Gasteiger partial charge in [0.25, 0.3) is 0 Å². The Bertz CT molecular complexity index is 491. The van der Waals surface area contributed by atoms with Crippen LogP contribution in [0, 0.1) is 24.7 Å². The summed E-state index contributed by atoms with van der Waals surface area (Å²) in [5.41, 5.74) is 8.35. The summed E-state index contributed by atoms with van der Waals surface area (Å²) in [6.45, 7) is 2.03. The third kappa shape index (κ3) is 3.41. The smallest absolute Gasteiger partial charge is 0.227 e. The number of amides is 1. The summed E-state index contributed by atoms with van der Waals surface area (Å²) in [5.74, 6) is 1.43. The number of nitrogens with one attached hydrogen (secondary N) is 1. The highest BCUT2D eigenvalue weighted by molar-refractivity contribution is 5.93. The van der Waals surface area contributed by atoms with Crippen LogP contribution in [0.5, 0.6) is 0 Å². The van der Waals surface area contributed by atoms with Gasteiger partial charge >= 0.3 is 0 Å². The first-order valence-corrected chi connectivity index (χ1v) is 7.77. The minimum absolute atomic E-state index is 0. The van der Waals surface area contributed by atoms with Crippen molar-refractivity contribution in [2.75, 3.05) is 5.32 Å². The Hall–Kier alpha value is -1.06. The zero-order chi connectivity index (χ0) is 14.1. The molecule has 2 aliphatic rings. The van der Waals surface area contributed by atoms with E-state index in [1.165, 1.54) is 19.3 Å². The molecule has 1 amide bonds. The lowest BCUT2D eigenvalue weighted by Crippen LogP contribution is -2.48. The highest BCUT2D eigenvalue weighted by atomic mass is 35.5. The standard InChI is InChI=1S/C17H24N2O.ClH/c1-11-5-2-3-8-15(11)19-17(20)14-9-12-6-4-7-13(10-14)16(12)18;/h2-3,5,8,12-14,16H,4,6-7,9-10,18H2,1H3,(H,19,20);1H. The van der Waals surface area contributed by atoms with Gasteiger partial charge in [0.05, 0.1) is 0 Å². The average molecular weight is 309 g/mol. The predicted octanol–water partition coefficient (Wildman–Crippen LogP) is 3.51. The number of fused-ring (bicyclic) bond motifs is 2. The number of anilines is 1. The van der Waals surface area contributed by atoms with Gasteiger partial charge < -0.3 is 11.1 Å².